The average Bonchev–Trinajstić information content (AvgIpc) is 3.50. The molecule has 1 heteroatoms. The van der Waals surface area contributed by atoms with Gasteiger partial charge >= 0.3 is 0 Å². The Kier molecular flexibility index (Phi) is 3.59. The summed E-state index contributed by atoms with van der Waals surface area (Å²) in [5, 5.41) is 10.8. The molecule has 0 amide bonds. The van der Waals surface area contributed by atoms with E-state index in [1.54, 1.807) is 0 Å². The maximum Gasteiger partial charge on any atom is 0.0626 e. The highest BCUT2D eigenvalue weighted by Crippen LogP contribution is 2.49. The Morgan fingerprint density at radius 3 is 1.92 bits per heavy atom. The van der Waals surface area contributed by atoms with Gasteiger partial charge in [0.2, 0.25) is 0 Å². The fourth-order valence-electron chi connectivity index (χ4n) is 6.77. The lowest BCUT2D eigenvalue weighted by Gasteiger charge is -2.14. The first kappa shape index (κ1) is 19.3. The molecule has 9 aromatic rings. The van der Waals surface area contributed by atoms with Crippen LogP contribution >= 0.6 is 0 Å². The van der Waals surface area contributed by atoms with Crippen LogP contribution in [0.3, 0.4) is 0 Å². The molecule has 0 aliphatic rings. The van der Waals surface area contributed by atoms with Crippen LogP contribution in [0.15, 0.2) is 127 Å². The van der Waals surface area contributed by atoms with Crippen molar-refractivity contribution in [1.29, 1.82) is 0 Å². The van der Waals surface area contributed by atoms with E-state index in [9.17, 15) is 0 Å². The Morgan fingerprint density at radius 2 is 1.03 bits per heavy atom. The lowest BCUT2D eigenvalue weighted by molar-refractivity contribution is 1.37. The average molecular weight is 468 g/mol. The first-order chi connectivity index (χ1) is 18.4. The highest BCUT2D eigenvalue weighted by Gasteiger charge is 2.24. The van der Waals surface area contributed by atoms with Gasteiger partial charge in [0, 0.05) is 26.9 Å². The van der Waals surface area contributed by atoms with Gasteiger partial charge in [0.15, 0.2) is 0 Å². The number of rotatable bonds is 2. The Bertz CT molecular complexity index is 2290. The van der Waals surface area contributed by atoms with E-state index >= 15 is 0 Å². The van der Waals surface area contributed by atoms with E-state index in [0.717, 1.165) is 0 Å². The van der Waals surface area contributed by atoms with Crippen molar-refractivity contribution in [3.8, 4) is 22.3 Å². The standard InChI is InChI=1S/C36H21N/c1-2-9-22(10-3-1)23-11-8-12-24(21-23)25-19-20-32-35-33(25)28-15-5-4-13-26(28)29-17-18-30-27-14-6-7-16-31(27)37(32)36(30)34(29)35/h1-21H. The molecule has 9 rings (SSSR count). The van der Waals surface area contributed by atoms with Gasteiger partial charge < -0.3 is 4.40 Å². The molecule has 37 heavy (non-hydrogen) atoms. The second-order valence-electron chi connectivity index (χ2n) is 10.1. The summed E-state index contributed by atoms with van der Waals surface area (Å²) in [4.78, 5) is 0. The first-order valence-corrected chi connectivity index (χ1v) is 12.9. The van der Waals surface area contributed by atoms with Crippen molar-refractivity contribution in [2.45, 2.75) is 0 Å². The molecule has 0 spiro atoms. The van der Waals surface area contributed by atoms with Gasteiger partial charge in [0.1, 0.15) is 0 Å². The number of hydrogen-bond acceptors (Lipinski definition) is 0. The number of nitrogens with zero attached hydrogens (tertiary/aromatic N) is 1. The summed E-state index contributed by atoms with van der Waals surface area (Å²) in [5.41, 5.74) is 8.96. The third kappa shape index (κ3) is 2.39. The van der Waals surface area contributed by atoms with Crippen molar-refractivity contribution in [1.82, 2.24) is 4.40 Å². The monoisotopic (exact) mass is 467 g/mol. The third-order valence-electron chi connectivity index (χ3n) is 8.28. The van der Waals surface area contributed by atoms with Crippen LogP contribution in [0.1, 0.15) is 0 Å². The van der Waals surface area contributed by atoms with E-state index in [1.165, 1.54) is 81.9 Å². The van der Waals surface area contributed by atoms with Gasteiger partial charge in [-0.1, -0.05) is 109 Å². The fourth-order valence-corrected chi connectivity index (χ4v) is 6.77. The van der Waals surface area contributed by atoms with Crippen molar-refractivity contribution in [3.63, 3.8) is 0 Å². The molecule has 170 valence electrons. The highest BCUT2D eigenvalue weighted by atomic mass is 14.9. The Labute approximate surface area is 213 Å². The number of benzene rings is 7. The van der Waals surface area contributed by atoms with E-state index < -0.39 is 0 Å². The molecule has 1 nitrogen and oxygen atoms in total. The molecule has 0 aliphatic heterocycles. The highest BCUT2D eigenvalue weighted by molar-refractivity contribution is 6.40. The van der Waals surface area contributed by atoms with E-state index in [4.69, 9.17) is 0 Å². The quantitative estimate of drug-likeness (QED) is 0.223. The largest absolute Gasteiger partial charge is 0.308 e. The predicted octanol–water partition coefficient (Wildman–Crippen LogP) is 9.91. The summed E-state index contributed by atoms with van der Waals surface area (Å²) in [6.07, 6.45) is 0. The SMILES string of the molecule is c1ccc(-c2cccc(-c3ccc4c5c3c3ccccc3c3ccc6c7ccccc7n4c6c35)c2)cc1. The molecule has 0 bridgehead atoms. The van der Waals surface area contributed by atoms with Crippen molar-refractivity contribution < 1.29 is 0 Å². The maximum atomic E-state index is 2.50. The van der Waals surface area contributed by atoms with Gasteiger partial charge in [0.25, 0.3) is 0 Å². The molecular weight excluding hydrogens is 446 g/mol. The molecule has 2 heterocycles. The number of aromatic nitrogens is 1. The van der Waals surface area contributed by atoms with Gasteiger partial charge in [-0.2, -0.15) is 0 Å². The minimum absolute atomic E-state index is 1.24. The molecule has 0 radical (unpaired) electrons. The first-order valence-electron chi connectivity index (χ1n) is 12.9. The van der Waals surface area contributed by atoms with Gasteiger partial charge in [0.05, 0.1) is 16.6 Å². The van der Waals surface area contributed by atoms with E-state index in [1.807, 2.05) is 0 Å². The maximum absolute atomic E-state index is 2.50. The predicted molar refractivity (Wildman–Crippen MR) is 158 cm³/mol. The summed E-state index contributed by atoms with van der Waals surface area (Å²) in [7, 11) is 0. The van der Waals surface area contributed by atoms with Gasteiger partial charge in [-0.05, 0) is 56.6 Å². The molecule has 0 atom stereocenters. The van der Waals surface area contributed by atoms with Gasteiger partial charge in [-0.3, -0.25) is 0 Å². The van der Waals surface area contributed by atoms with Gasteiger partial charge in [-0.25, -0.2) is 0 Å². The zero-order valence-electron chi connectivity index (χ0n) is 20.1. The Hall–Kier alpha value is -4.88. The van der Waals surface area contributed by atoms with Crippen LogP contribution < -0.4 is 0 Å². The Balaban J connectivity index is 1.50. The topological polar surface area (TPSA) is 4.41 Å². The van der Waals surface area contributed by atoms with E-state index in [2.05, 4.69) is 132 Å². The van der Waals surface area contributed by atoms with Crippen LogP contribution in [0.5, 0.6) is 0 Å². The van der Waals surface area contributed by atoms with Crippen LogP contribution in [-0.2, 0) is 0 Å². The van der Waals surface area contributed by atoms with Crippen LogP contribution in [-0.4, -0.2) is 4.40 Å². The van der Waals surface area contributed by atoms with Crippen LogP contribution in [0.25, 0.3) is 81.9 Å². The van der Waals surface area contributed by atoms with Crippen molar-refractivity contribution >= 4 is 59.6 Å². The summed E-state index contributed by atoms with van der Waals surface area (Å²) >= 11 is 0. The molecule has 7 aromatic carbocycles. The molecule has 0 aliphatic carbocycles. The van der Waals surface area contributed by atoms with Crippen molar-refractivity contribution in [2.24, 2.45) is 0 Å². The zero-order chi connectivity index (χ0) is 24.1. The molecule has 0 saturated heterocycles. The number of fused-ring (bicyclic) bond motifs is 7. The third-order valence-corrected chi connectivity index (χ3v) is 8.28. The number of hydrogen-bond donors (Lipinski definition) is 0. The molecular formula is C36H21N. The van der Waals surface area contributed by atoms with Crippen LogP contribution in [0.2, 0.25) is 0 Å². The molecule has 0 fully saturated rings. The summed E-state index contributed by atoms with van der Waals surface area (Å²) in [6.45, 7) is 0. The second kappa shape index (κ2) is 6.87. The molecule has 0 saturated carbocycles. The molecule has 0 unspecified atom stereocenters. The second-order valence-corrected chi connectivity index (χ2v) is 10.1. The fraction of sp³-hybridized carbons (Fsp3) is 0. The van der Waals surface area contributed by atoms with Crippen molar-refractivity contribution in [3.05, 3.63) is 127 Å². The number of para-hydroxylation sites is 1. The lowest BCUT2D eigenvalue weighted by Crippen LogP contribution is -1.88. The normalized spacial score (nSPS) is 12.3. The molecule has 0 N–H and O–H groups in total. The summed E-state index contributed by atoms with van der Waals surface area (Å²) in [5.74, 6) is 0. The lowest BCUT2D eigenvalue weighted by atomic mass is 9.88. The van der Waals surface area contributed by atoms with E-state index in [-0.39, 0.29) is 0 Å². The molecule has 2 aromatic heterocycles. The van der Waals surface area contributed by atoms with E-state index in [0.29, 0.717) is 0 Å². The summed E-state index contributed by atoms with van der Waals surface area (Å²) < 4.78 is 2.50. The van der Waals surface area contributed by atoms with Crippen LogP contribution in [0, 0.1) is 0 Å². The van der Waals surface area contributed by atoms with Crippen LogP contribution in [0.4, 0.5) is 0 Å². The minimum Gasteiger partial charge on any atom is -0.308 e. The zero-order valence-corrected chi connectivity index (χ0v) is 20.1. The minimum atomic E-state index is 1.24. The van der Waals surface area contributed by atoms with Gasteiger partial charge in [-0.15, -0.1) is 0 Å². The Morgan fingerprint density at radius 1 is 0.351 bits per heavy atom. The summed E-state index contributed by atoms with van der Waals surface area (Å²) in [6, 6.07) is 46.8. The smallest absolute Gasteiger partial charge is 0.0626 e. The van der Waals surface area contributed by atoms with Crippen molar-refractivity contribution in [2.75, 3.05) is 0 Å².